The first-order chi connectivity index (χ1) is 10.4. The highest BCUT2D eigenvalue weighted by Crippen LogP contribution is 2.33. The number of rotatable bonds is 4. The Labute approximate surface area is 129 Å². The molecule has 1 aromatic rings. The molecule has 1 N–H and O–H groups in total. The summed E-state index contributed by atoms with van der Waals surface area (Å²) in [5.41, 5.74) is 2.75. The molecule has 0 aliphatic heterocycles. The first-order valence-corrected chi connectivity index (χ1v) is 9.02. The van der Waals surface area contributed by atoms with Crippen molar-refractivity contribution < 1.29 is 0 Å². The van der Waals surface area contributed by atoms with Gasteiger partial charge in [-0.2, -0.15) is 0 Å². The average molecular weight is 287 g/mol. The van der Waals surface area contributed by atoms with E-state index in [9.17, 15) is 0 Å². The number of nitrogens with zero attached hydrogens (tertiary/aromatic N) is 2. The molecule has 3 heteroatoms. The number of nitrogens with one attached hydrogen (secondary N) is 1. The second-order valence-electron chi connectivity index (χ2n) is 6.68. The molecule has 0 unspecified atom stereocenters. The topological polar surface area (TPSA) is 37.8 Å². The molecular formula is C18H29N3. The van der Waals surface area contributed by atoms with Gasteiger partial charge in [0.05, 0.1) is 0 Å². The van der Waals surface area contributed by atoms with Gasteiger partial charge in [0.25, 0.3) is 0 Å². The predicted octanol–water partition coefficient (Wildman–Crippen LogP) is 4.62. The van der Waals surface area contributed by atoms with E-state index in [1.807, 2.05) is 0 Å². The zero-order valence-electron chi connectivity index (χ0n) is 13.5. The summed E-state index contributed by atoms with van der Waals surface area (Å²) in [6.45, 7) is 3.24. The van der Waals surface area contributed by atoms with E-state index in [2.05, 4.69) is 12.2 Å². The maximum Gasteiger partial charge on any atom is 0.134 e. The van der Waals surface area contributed by atoms with Gasteiger partial charge >= 0.3 is 0 Å². The fraction of sp³-hybridized carbons (Fsp3) is 0.778. The Morgan fingerprint density at radius 2 is 1.71 bits per heavy atom. The minimum Gasteiger partial charge on any atom is -0.370 e. The molecule has 0 bridgehead atoms. The highest BCUT2D eigenvalue weighted by molar-refractivity contribution is 5.48. The summed E-state index contributed by atoms with van der Waals surface area (Å²) in [4.78, 5) is 9.96. The molecule has 1 aromatic heterocycles. The van der Waals surface area contributed by atoms with Crippen LogP contribution in [0.1, 0.15) is 87.7 Å². The molecule has 21 heavy (non-hydrogen) atoms. The van der Waals surface area contributed by atoms with E-state index in [-0.39, 0.29) is 0 Å². The molecule has 0 radical (unpaired) electrons. The van der Waals surface area contributed by atoms with Crippen molar-refractivity contribution in [2.75, 3.05) is 11.9 Å². The fourth-order valence-electron chi connectivity index (χ4n) is 3.72. The molecule has 0 aromatic carbocycles. The third kappa shape index (κ3) is 3.56. The normalized spacial score (nSPS) is 19.9. The van der Waals surface area contributed by atoms with Crippen LogP contribution in [0.25, 0.3) is 0 Å². The molecule has 1 saturated carbocycles. The Morgan fingerprint density at radius 1 is 0.952 bits per heavy atom. The molecule has 0 amide bonds. The third-order valence-corrected chi connectivity index (χ3v) is 4.96. The van der Waals surface area contributed by atoms with Gasteiger partial charge in [-0.05, 0) is 44.9 Å². The van der Waals surface area contributed by atoms with Crippen LogP contribution < -0.4 is 5.32 Å². The van der Waals surface area contributed by atoms with Crippen molar-refractivity contribution >= 4 is 5.82 Å². The molecule has 3 rings (SSSR count). The summed E-state index contributed by atoms with van der Waals surface area (Å²) in [5.74, 6) is 2.89. The van der Waals surface area contributed by atoms with Gasteiger partial charge in [0.15, 0.2) is 0 Å². The Balaban J connectivity index is 1.88. The maximum absolute atomic E-state index is 5.00. The van der Waals surface area contributed by atoms with E-state index in [4.69, 9.17) is 9.97 Å². The predicted molar refractivity (Wildman–Crippen MR) is 87.9 cm³/mol. The lowest BCUT2D eigenvalue weighted by molar-refractivity contribution is 0.550. The number of fused-ring (bicyclic) bond motifs is 1. The van der Waals surface area contributed by atoms with Crippen LogP contribution in [0.3, 0.4) is 0 Å². The van der Waals surface area contributed by atoms with Gasteiger partial charge in [0.1, 0.15) is 11.6 Å². The SMILES string of the molecule is CCCNc1nc(C2CCCCCC2)nc2c1CCCC2. The zero-order chi connectivity index (χ0) is 14.5. The molecule has 2 aliphatic carbocycles. The quantitative estimate of drug-likeness (QED) is 0.821. The molecular weight excluding hydrogens is 258 g/mol. The number of hydrogen-bond acceptors (Lipinski definition) is 3. The Morgan fingerprint density at radius 3 is 2.48 bits per heavy atom. The third-order valence-electron chi connectivity index (χ3n) is 4.96. The highest BCUT2D eigenvalue weighted by atomic mass is 15.0. The summed E-state index contributed by atoms with van der Waals surface area (Å²) in [6, 6.07) is 0. The molecule has 0 saturated heterocycles. The van der Waals surface area contributed by atoms with Crippen LogP contribution >= 0.6 is 0 Å². The van der Waals surface area contributed by atoms with E-state index in [0.29, 0.717) is 5.92 Å². The van der Waals surface area contributed by atoms with Crippen LogP contribution in [0.15, 0.2) is 0 Å². The Kier molecular flexibility index (Phi) is 5.10. The van der Waals surface area contributed by atoms with Gasteiger partial charge in [0.2, 0.25) is 0 Å². The van der Waals surface area contributed by atoms with Gasteiger partial charge < -0.3 is 5.32 Å². The summed E-state index contributed by atoms with van der Waals surface area (Å²) in [6.07, 6.45) is 14.1. The van der Waals surface area contributed by atoms with Crippen LogP contribution in [-0.2, 0) is 12.8 Å². The van der Waals surface area contributed by atoms with E-state index >= 15 is 0 Å². The first-order valence-electron chi connectivity index (χ1n) is 9.02. The van der Waals surface area contributed by atoms with Crippen molar-refractivity contribution in [2.24, 2.45) is 0 Å². The van der Waals surface area contributed by atoms with Crippen molar-refractivity contribution in [1.29, 1.82) is 0 Å². The average Bonchev–Trinajstić information content (AvgIpc) is 2.81. The van der Waals surface area contributed by atoms with Crippen LogP contribution in [-0.4, -0.2) is 16.5 Å². The molecule has 2 aliphatic rings. The van der Waals surface area contributed by atoms with E-state index in [0.717, 1.165) is 37.4 Å². The number of aromatic nitrogens is 2. The van der Waals surface area contributed by atoms with Crippen molar-refractivity contribution in [3.05, 3.63) is 17.1 Å². The molecule has 0 atom stereocenters. The molecule has 3 nitrogen and oxygen atoms in total. The van der Waals surface area contributed by atoms with Gasteiger partial charge in [-0.1, -0.05) is 32.6 Å². The fourth-order valence-corrected chi connectivity index (χ4v) is 3.72. The summed E-state index contributed by atoms with van der Waals surface area (Å²) < 4.78 is 0. The molecule has 1 fully saturated rings. The monoisotopic (exact) mass is 287 g/mol. The number of anilines is 1. The smallest absolute Gasteiger partial charge is 0.134 e. The molecule has 0 spiro atoms. The summed E-state index contributed by atoms with van der Waals surface area (Å²) in [7, 11) is 0. The Bertz CT molecular complexity index is 462. The van der Waals surface area contributed by atoms with Crippen molar-refractivity contribution in [3.63, 3.8) is 0 Å². The second kappa shape index (κ2) is 7.24. The largest absolute Gasteiger partial charge is 0.370 e. The standard InChI is InChI=1S/C18H29N3/c1-2-13-19-18-15-11-7-8-12-16(15)20-17(21-18)14-9-5-3-4-6-10-14/h14H,2-13H2,1H3,(H,19,20,21). The minimum absolute atomic E-state index is 0.599. The lowest BCUT2D eigenvalue weighted by Crippen LogP contribution is -2.17. The minimum atomic E-state index is 0.599. The van der Waals surface area contributed by atoms with Crippen LogP contribution in [0, 0.1) is 0 Å². The summed E-state index contributed by atoms with van der Waals surface area (Å²) >= 11 is 0. The van der Waals surface area contributed by atoms with Gasteiger partial charge in [-0.15, -0.1) is 0 Å². The molecule has 1 heterocycles. The maximum atomic E-state index is 5.00. The second-order valence-corrected chi connectivity index (χ2v) is 6.68. The van der Waals surface area contributed by atoms with Crippen molar-refractivity contribution in [3.8, 4) is 0 Å². The van der Waals surface area contributed by atoms with Gasteiger partial charge in [-0.3, -0.25) is 0 Å². The van der Waals surface area contributed by atoms with E-state index in [1.165, 1.54) is 62.6 Å². The lowest BCUT2D eigenvalue weighted by Gasteiger charge is -2.22. The van der Waals surface area contributed by atoms with E-state index in [1.54, 1.807) is 0 Å². The van der Waals surface area contributed by atoms with Crippen LogP contribution in [0.5, 0.6) is 0 Å². The van der Waals surface area contributed by atoms with Crippen LogP contribution in [0.2, 0.25) is 0 Å². The molecule has 116 valence electrons. The van der Waals surface area contributed by atoms with Crippen molar-refractivity contribution in [1.82, 2.24) is 9.97 Å². The highest BCUT2D eigenvalue weighted by Gasteiger charge is 2.22. The lowest BCUT2D eigenvalue weighted by atomic mass is 9.94. The van der Waals surface area contributed by atoms with Gasteiger partial charge in [0, 0.05) is 23.7 Å². The number of hydrogen-bond donors (Lipinski definition) is 1. The van der Waals surface area contributed by atoms with Crippen molar-refractivity contribution in [2.45, 2.75) is 83.5 Å². The van der Waals surface area contributed by atoms with Crippen LogP contribution in [0.4, 0.5) is 5.82 Å². The van der Waals surface area contributed by atoms with Gasteiger partial charge in [-0.25, -0.2) is 9.97 Å². The number of aryl methyl sites for hydroxylation is 1. The zero-order valence-corrected chi connectivity index (χ0v) is 13.5. The first kappa shape index (κ1) is 14.8. The summed E-state index contributed by atoms with van der Waals surface area (Å²) in [5, 5.41) is 3.57. The Hall–Kier alpha value is -1.12. The van der Waals surface area contributed by atoms with E-state index < -0.39 is 0 Å².